The van der Waals surface area contributed by atoms with Crippen molar-refractivity contribution in [1.29, 1.82) is 0 Å². The Bertz CT molecular complexity index is 995. The van der Waals surface area contributed by atoms with Gasteiger partial charge in [0.05, 0.1) is 19.1 Å². The van der Waals surface area contributed by atoms with Gasteiger partial charge in [-0.1, -0.05) is 72.5 Å². The van der Waals surface area contributed by atoms with Crippen LogP contribution in [0, 0.1) is 17.3 Å². The number of likely N-dealkylation sites (tertiary alicyclic amines) is 1. The summed E-state index contributed by atoms with van der Waals surface area (Å²) >= 11 is 0. The molecule has 0 spiro atoms. The molecule has 1 aliphatic rings. The maximum atomic E-state index is 12.9. The second kappa shape index (κ2) is 11.7. The predicted molar refractivity (Wildman–Crippen MR) is 140 cm³/mol. The topological polar surface area (TPSA) is 49.9 Å². The summed E-state index contributed by atoms with van der Waals surface area (Å²) in [7, 11) is 3.50. The van der Waals surface area contributed by atoms with E-state index >= 15 is 0 Å². The molecule has 1 saturated heterocycles. The Labute approximate surface area is 210 Å². The van der Waals surface area contributed by atoms with E-state index in [2.05, 4.69) is 49.5 Å². The van der Waals surface area contributed by atoms with Crippen LogP contribution in [0.3, 0.4) is 0 Å². The van der Waals surface area contributed by atoms with Crippen molar-refractivity contribution in [3.05, 3.63) is 71.8 Å². The van der Waals surface area contributed by atoms with E-state index in [0.29, 0.717) is 26.1 Å². The molecule has 0 aromatic heterocycles. The minimum Gasteiger partial charge on any atom is -0.468 e. The van der Waals surface area contributed by atoms with Crippen LogP contribution < -0.4 is 0 Å². The number of carbonyl (C=O) groups is 2. The smallest absolute Gasteiger partial charge is 0.323 e. The SMILES string of the molecule is COC(=O)C1CC(N(C)CC#CC(C)(C)C)CCN1CC(C=O)(c1ccccc1)c1ccccc1. The molecule has 186 valence electrons. The molecular weight excluding hydrogens is 436 g/mol. The summed E-state index contributed by atoms with van der Waals surface area (Å²) in [6.07, 6.45) is 2.56. The first-order valence-corrected chi connectivity index (χ1v) is 12.3. The summed E-state index contributed by atoms with van der Waals surface area (Å²) in [5.74, 6) is 6.31. The molecule has 0 aliphatic carbocycles. The average Bonchev–Trinajstić information content (AvgIpc) is 2.87. The number of hydrogen-bond acceptors (Lipinski definition) is 5. The Morgan fingerprint density at radius 2 is 1.66 bits per heavy atom. The summed E-state index contributed by atoms with van der Waals surface area (Å²) in [6.45, 7) is 8.06. The van der Waals surface area contributed by atoms with Crippen molar-refractivity contribution in [1.82, 2.24) is 9.80 Å². The fourth-order valence-electron chi connectivity index (χ4n) is 4.84. The molecule has 5 heteroatoms. The van der Waals surface area contributed by atoms with Gasteiger partial charge in [-0.05, 0) is 51.8 Å². The second-order valence-corrected chi connectivity index (χ2v) is 10.5. The first-order chi connectivity index (χ1) is 16.7. The maximum absolute atomic E-state index is 12.9. The molecule has 1 heterocycles. The van der Waals surface area contributed by atoms with Crippen molar-refractivity contribution in [3.63, 3.8) is 0 Å². The van der Waals surface area contributed by atoms with E-state index < -0.39 is 11.5 Å². The molecule has 2 atom stereocenters. The number of piperidine rings is 1. The van der Waals surface area contributed by atoms with Gasteiger partial charge >= 0.3 is 5.97 Å². The van der Waals surface area contributed by atoms with Crippen molar-refractivity contribution in [3.8, 4) is 11.8 Å². The highest BCUT2D eigenvalue weighted by molar-refractivity contribution is 5.78. The van der Waals surface area contributed by atoms with E-state index in [1.807, 2.05) is 60.7 Å². The van der Waals surface area contributed by atoms with E-state index in [4.69, 9.17) is 4.74 Å². The van der Waals surface area contributed by atoms with Crippen LogP contribution in [0.4, 0.5) is 0 Å². The van der Waals surface area contributed by atoms with Crippen molar-refractivity contribution >= 4 is 12.3 Å². The van der Waals surface area contributed by atoms with Gasteiger partial charge in [0.2, 0.25) is 0 Å². The lowest BCUT2D eigenvalue weighted by Crippen LogP contribution is -2.56. The molecule has 35 heavy (non-hydrogen) atoms. The van der Waals surface area contributed by atoms with E-state index in [9.17, 15) is 9.59 Å². The molecule has 0 N–H and O–H groups in total. The summed E-state index contributed by atoms with van der Waals surface area (Å²) in [6, 6.07) is 19.4. The largest absolute Gasteiger partial charge is 0.468 e. The normalized spacial score (nSPS) is 19.0. The summed E-state index contributed by atoms with van der Waals surface area (Å²) in [5, 5.41) is 0. The van der Waals surface area contributed by atoms with Crippen molar-refractivity contribution in [2.24, 2.45) is 5.41 Å². The summed E-state index contributed by atoms with van der Waals surface area (Å²) < 4.78 is 5.22. The van der Waals surface area contributed by atoms with Gasteiger partial charge in [0.15, 0.2) is 0 Å². The molecule has 5 nitrogen and oxygen atoms in total. The highest BCUT2D eigenvalue weighted by Gasteiger charge is 2.42. The number of benzene rings is 2. The molecular formula is C30H38N2O3. The Balaban J connectivity index is 1.88. The minimum atomic E-state index is -0.883. The standard InChI is InChI=1S/C30H38N2O3/c1-29(2,3)18-12-19-31(4)26-17-20-32(27(21-26)28(34)35-5)22-30(23-33,24-13-8-6-9-14-24)25-15-10-7-11-16-25/h6-11,13-16,23,26-27H,17,19-22H2,1-5H3. The van der Waals surface area contributed by atoms with Crippen LogP contribution in [-0.2, 0) is 19.7 Å². The van der Waals surface area contributed by atoms with Crippen LogP contribution in [0.5, 0.6) is 0 Å². The zero-order valence-corrected chi connectivity index (χ0v) is 21.7. The first-order valence-electron chi connectivity index (χ1n) is 12.3. The first kappa shape index (κ1) is 26.7. The molecule has 1 fully saturated rings. The van der Waals surface area contributed by atoms with E-state index in [0.717, 1.165) is 23.8 Å². The second-order valence-electron chi connectivity index (χ2n) is 10.5. The van der Waals surface area contributed by atoms with Crippen molar-refractivity contribution < 1.29 is 14.3 Å². The molecule has 2 unspecified atom stereocenters. The molecule has 0 amide bonds. The van der Waals surface area contributed by atoms with Crippen LogP contribution in [0.15, 0.2) is 60.7 Å². The number of methoxy groups -OCH3 is 1. The van der Waals surface area contributed by atoms with Gasteiger partial charge in [-0.2, -0.15) is 0 Å². The Kier molecular flexibility index (Phi) is 8.88. The van der Waals surface area contributed by atoms with Gasteiger partial charge in [-0.3, -0.25) is 14.6 Å². The van der Waals surface area contributed by atoms with Crippen LogP contribution in [0.25, 0.3) is 0 Å². The predicted octanol–water partition coefficient (Wildman–Crippen LogP) is 4.16. The van der Waals surface area contributed by atoms with Crippen LogP contribution in [0.2, 0.25) is 0 Å². The molecule has 1 aliphatic heterocycles. The van der Waals surface area contributed by atoms with E-state index in [1.165, 1.54) is 7.11 Å². The number of hydrogen-bond donors (Lipinski definition) is 0. The van der Waals surface area contributed by atoms with Gasteiger partial charge in [0.1, 0.15) is 12.3 Å². The monoisotopic (exact) mass is 474 g/mol. The molecule has 3 rings (SSSR count). The van der Waals surface area contributed by atoms with Gasteiger partial charge in [0.25, 0.3) is 0 Å². The van der Waals surface area contributed by atoms with Crippen molar-refractivity contribution in [2.75, 3.05) is 33.8 Å². The highest BCUT2D eigenvalue weighted by atomic mass is 16.5. The average molecular weight is 475 g/mol. The summed E-state index contributed by atoms with van der Waals surface area (Å²) in [5.41, 5.74) is 0.917. The third kappa shape index (κ3) is 6.60. The number of rotatable bonds is 8. The number of carbonyl (C=O) groups excluding carboxylic acids is 2. The maximum Gasteiger partial charge on any atom is 0.323 e. The molecule has 2 aromatic carbocycles. The number of ether oxygens (including phenoxy) is 1. The molecule has 2 aromatic rings. The fraction of sp³-hybridized carbons (Fsp3) is 0.467. The highest BCUT2D eigenvalue weighted by Crippen LogP contribution is 2.34. The minimum absolute atomic E-state index is 0.0359. The zero-order valence-electron chi connectivity index (χ0n) is 21.7. The van der Waals surface area contributed by atoms with Crippen LogP contribution in [0.1, 0.15) is 44.7 Å². The fourth-order valence-corrected chi connectivity index (χ4v) is 4.84. The van der Waals surface area contributed by atoms with E-state index in [1.54, 1.807) is 0 Å². The van der Waals surface area contributed by atoms with Gasteiger partial charge < -0.3 is 9.53 Å². The van der Waals surface area contributed by atoms with Crippen LogP contribution >= 0.6 is 0 Å². The lowest BCUT2D eigenvalue weighted by atomic mass is 9.74. The van der Waals surface area contributed by atoms with E-state index in [-0.39, 0.29) is 17.4 Å². The zero-order chi connectivity index (χ0) is 25.5. The lowest BCUT2D eigenvalue weighted by Gasteiger charge is -2.44. The molecule has 0 saturated carbocycles. The third-order valence-electron chi connectivity index (χ3n) is 6.81. The number of esters is 1. The molecule has 0 bridgehead atoms. The van der Waals surface area contributed by atoms with Gasteiger partial charge in [0, 0.05) is 24.5 Å². The quantitative estimate of drug-likeness (QED) is 0.327. The Hall–Kier alpha value is -2.94. The Morgan fingerprint density at radius 3 is 2.14 bits per heavy atom. The van der Waals surface area contributed by atoms with Gasteiger partial charge in [-0.15, -0.1) is 0 Å². The summed E-state index contributed by atoms with van der Waals surface area (Å²) in [4.78, 5) is 30.2. The number of nitrogens with zero attached hydrogens (tertiary/aromatic N) is 2. The van der Waals surface area contributed by atoms with Crippen LogP contribution in [-0.4, -0.2) is 67.9 Å². The Morgan fingerprint density at radius 1 is 1.09 bits per heavy atom. The number of aldehydes is 1. The van der Waals surface area contributed by atoms with Crippen molar-refractivity contribution in [2.45, 2.75) is 51.1 Å². The lowest BCUT2D eigenvalue weighted by molar-refractivity contribution is -0.150. The third-order valence-corrected chi connectivity index (χ3v) is 6.81. The van der Waals surface area contributed by atoms with Gasteiger partial charge in [-0.25, -0.2) is 0 Å². The molecule has 0 radical (unpaired) electrons.